The van der Waals surface area contributed by atoms with Gasteiger partial charge in [0.2, 0.25) is 0 Å². The molecule has 1 aliphatic heterocycles. The second-order valence-corrected chi connectivity index (χ2v) is 11.1. The summed E-state index contributed by atoms with van der Waals surface area (Å²) in [6.45, 7) is 3.03. The molecule has 1 rings (SSSR count). The van der Waals surface area contributed by atoms with Crippen LogP contribution in [0.15, 0.2) is 0 Å². The highest BCUT2D eigenvalue weighted by Crippen LogP contribution is 2.24. The molecule has 0 bridgehead atoms. The highest BCUT2D eigenvalue weighted by atomic mass is 16.7. The van der Waals surface area contributed by atoms with Gasteiger partial charge >= 0.3 is 0 Å². The molecule has 9 atom stereocenters. The maximum Gasteiger partial charge on any atom is 0.187 e. The van der Waals surface area contributed by atoms with Crippen LogP contribution >= 0.6 is 0 Å². The fourth-order valence-electron chi connectivity index (χ4n) is 4.81. The van der Waals surface area contributed by atoms with Crippen LogP contribution < -0.4 is 5.73 Å². The van der Waals surface area contributed by atoms with Crippen LogP contribution in [0.25, 0.3) is 0 Å². The zero-order valence-electron chi connectivity index (χ0n) is 23.3. The van der Waals surface area contributed by atoms with E-state index in [0.29, 0.717) is 6.42 Å². The van der Waals surface area contributed by atoms with Crippen molar-refractivity contribution in [1.82, 2.24) is 0 Å². The monoisotopic (exact) mass is 535 g/mol. The SMILES string of the molecule is CC(N)C(O)CCCCCCCCCCCCCCCCC(O)C(C)OC1OC(CO)C(O)C(O)C1O. The maximum absolute atomic E-state index is 10.4. The van der Waals surface area contributed by atoms with E-state index in [4.69, 9.17) is 15.2 Å². The zero-order chi connectivity index (χ0) is 27.6. The molecule has 0 spiro atoms. The van der Waals surface area contributed by atoms with Gasteiger partial charge in [0.05, 0.1) is 24.9 Å². The van der Waals surface area contributed by atoms with Crippen molar-refractivity contribution >= 4 is 0 Å². The minimum Gasteiger partial charge on any atom is -0.394 e. The summed E-state index contributed by atoms with van der Waals surface area (Å²) in [6, 6.07) is -0.127. The molecule has 0 radical (unpaired) electrons. The molecule has 1 fully saturated rings. The van der Waals surface area contributed by atoms with E-state index in [-0.39, 0.29) is 12.1 Å². The van der Waals surface area contributed by atoms with E-state index in [9.17, 15) is 30.6 Å². The molecule has 9 heteroatoms. The van der Waals surface area contributed by atoms with Crippen molar-refractivity contribution in [3.05, 3.63) is 0 Å². The summed E-state index contributed by atoms with van der Waals surface area (Å²) >= 11 is 0. The summed E-state index contributed by atoms with van der Waals surface area (Å²) in [6.07, 6.45) is 9.91. The molecule has 222 valence electrons. The van der Waals surface area contributed by atoms with Crippen molar-refractivity contribution in [2.45, 2.75) is 172 Å². The summed E-state index contributed by atoms with van der Waals surface area (Å²) in [5.74, 6) is 0. The minimum absolute atomic E-state index is 0.127. The van der Waals surface area contributed by atoms with Gasteiger partial charge in [0.1, 0.15) is 24.4 Å². The Morgan fingerprint density at radius 1 is 0.649 bits per heavy atom. The molecule has 1 aliphatic rings. The van der Waals surface area contributed by atoms with Crippen molar-refractivity contribution < 1.29 is 40.1 Å². The standard InChI is InChI=1S/C28H57NO8/c1-20(29)22(31)17-15-13-11-9-7-5-3-4-6-8-10-12-14-16-18-23(32)21(2)36-28-27(35)26(34)25(33)24(19-30)37-28/h20-28,30-35H,3-19,29H2,1-2H3. The van der Waals surface area contributed by atoms with E-state index < -0.39 is 49.5 Å². The fraction of sp³-hybridized carbons (Fsp3) is 1.00. The Labute approximate surface area is 224 Å². The number of ether oxygens (including phenoxy) is 2. The van der Waals surface area contributed by atoms with Gasteiger partial charge in [-0.05, 0) is 26.7 Å². The first-order chi connectivity index (χ1) is 17.7. The van der Waals surface area contributed by atoms with Gasteiger partial charge in [0.15, 0.2) is 6.29 Å². The summed E-state index contributed by atoms with van der Waals surface area (Å²) in [4.78, 5) is 0. The second kappa shape index (κ2) is 20.5. The molecule has 9 nitrogen and oxygen atoms in total. The molecule has 0 saturated carbocycles. The van der Waals surface area contributed by atoms with Crippen LogP contribution in [-0.4, -0.2) is 92.3 Å². The van der Waals surface area contributed by atoms with E-state index in [2.05, 4.69) is 0 Å². The molecule has 0 aromatic heterocycles. The molecule has 0 aliphatic carbocycles. The largest absolute Gasteiger partial charge is 0.394 e. The van der Waals surface area contributed by atoms with Gasteiger partial charge in [-0.1, -0.05) is 89.9 Å². The van der Waals surface area contributed by atoms with E-state index in [1.54, 1.807) is 6.92 Å². The predicted molar refractivity (Wildman–Crippen MR) is 144 cm³/mol. The third-order valence-electron chi connectivity index (χ3n) is 7.60. The summed E-state index contributed by atoms with van der Waals surface area (Å²) < 4.78 is 10.9. The van der Waals surface area contributed by atoms with Gasteiger partial charge in [0, 0.05) is 6.04 Å². The minimum atomic E-state index is -1.48. The van der Waals surface area contributed by atoms with Crippen LogP contribution in [-0.2, 0) is 9.47 Å². The molecule has 0 amide bonds. The molecule has 1 saturated heterocycles. The lowest BCUT2D eigenvalue weighted by Crippen LogP contribution is -2.60. The number of aliphatic hydroxyl groups excluding tert-OH is 6. The third-order valence-corrected chi connectivity index (χ3v) is 7.60. The lowest BCUT2D eigenvalue weighted by molar-refractivity contribution is -0.315. The van der Waals surface area contributed by atoms with E-state index >= 15 is 0 Å². The zero-order valence-corrected chi connectivity index (χ0v) is 23.3. The number of hydrogen-bond donors (Lipinski definition) is 7. The Balaban J connectivity index is 1.94. The summed E-state index contributed by atoms with van der Waals surface area (Å²) in [5.41, 5.74) is 5.67. The molecule has 9 unspecified atom stereocenters. The fourth-order valence-corrected chi connectivity index (χ4v) is 4.81. The molecular weight excluding hydrogens is 478 g/mol. The first kappa shape index (κ1) is 34.7. The molecular formula is C28H57NO8. The lowest BCUT2D eigenvalue weighted by Gasteiger charge is -2.41. The van der Waals surface area contributed by atoms with Crippen LogP contribution in [0.5, 0.6) is 0 Å². The van der Waals surface area contributed by atoms with Crippen LogP contribution in [0.3, 0.4) is 0 Å². The maximum atomic E-state index is 10.4. The lowest BCUT2D eigenvalue weighted by atomic mass is 9.99. The van der Waals surface area contributed by atoms with Gasteiger partial charge in [-0.2, -0.15) is 0 Å². The highest BCUT2D eigenvalue weighted by molar-refractivity contribution is 4.89. The van der Waals surface area contributed by atoms with Crippen LogP contribution in [0.2, 0.25) is 0 Å². The predicted octanol–water partition coefficient (Wildman–Crippen LogP) is 2.50. The third kappa shape index (κ3) is 14.6. The highest BCUT2D eigenvalue weighted by Gasteiger charge is 2.44. The quantitative estimate of drug-likeness (QED) is 0.103. The van der Waals surface area contributed by atoms with E-state index in [0.717, 1.165) is 32.1 Å². The van der Waals surface area contributed by atoms with Crippen molar-refractivity contribution in [2.24, 2.45) is 5.73 Å². The average Bonchev–Trinajstić information content (AvgIpc) is 2.88. The Morgan fingerprint density at radius 2 is 1.05 bits per heavy atom. The second-order valence-electron chi connectivity index (χ2n) is 11.1. The number of unbranched alkanes of at least 4 members (excludes halogenated alkanes) is 13. The number of nitrogens with two attached hydrogens (primary N) is 1. The first-order valence-electron chi connectivity index (χ1n) is 14.8. The Kier molecular flexibility index (Phi) is 19.2. The van der Waals surface area contributed by atoms with Gasteiger partial charge < -0.3 is 45.8 Å². The molecule has 0 aromatic rings. The normalized spacial score (nSPS) is 27.6. The van der Waals surface area contributed by atoms with Crippen LogP contribution in [0.1, 0.15) is 117 Å². The van der Waals surface area contributed by atoms with E-state index in [1.165, 1.54) is 64.2 Å². The van der Waals surface area contributed by atoms with Crippen molar-refractivity contribution in [1.29, 1.82) is 0 Å². The average molecular weight is 536 g/mol. The Bertz CT molecular complexity index is 538. The first-order valence-corrected chi connectivity index (χ1v) is 14.8. The summed E-state index contributed by atoms with van der Waals surface area (Å²) in [5, 5.41) is 59.1. The topological polar surface area (TPSA) is 166 Å². The van der Waals surface area contributed by atoms with Gasteiger partial charge in [-0.15, -0.1) is 0 Å². The molecule has 1 heterocycles. The molecule has 0 aromatic carbocycles. The smallest absolute Gasteiger partial charge is 0.187 e. The van der Waals surface area contributed by atoms with Gasteiger partial charge in [0.25, 0.3) is 0 Å². The Morgan fingerprint density at radius 3 is 1.46 bits per heavy atom. The molecule has 8 N–H and O–H groups in total. The summed E-state index contributed by atoms with van der Waals surface area (Å²) in [7, 11) is 0. The van der Waals surface area contributed by atoms with Crippen LogP contribution in [0, 0.1) is 0 Å². The van der Waals surface area contributed by atoms with E-state index in [1.807, 2.05) is 6.92 Å². The van der Waals surface area contributed by atoms with Gasteiger partial charge in [-0.25, -0.2) is 0 Å². The van der Waals surface area contributed by atoms with Crippen LogP contribution in [0.4, 0.5) is 0 Å². The Hall–Kier alpha value is -0.360. The number of hydrogen-bond acceptors (Lipinski definition) is 9. The van der Waals surface area contributed by atoms with Crippen molar-refractivity contribution in [3.8, 4) is 0 Å². The van der Waals surface area contributed by atoms with Gasteiger partial charge in [-0.3, -0.25) is 0 Å². The van der Waals surface area contributed by atoms with Crippen molar-refractivity contribution in [2.75, 3.05) is 6.61 Å². The molecule has 37 heavy (non-hydrogen) atoms. The van der Waals surface area contributed by atoms with Crippen molar-refractivity contribution in [3.63, 3.8) is 0 Å². The number of rotatable bonds is 22. The number of aliphatic hydroxyl groups is 6.